The molecule has 137 valence electrons. The first kappa shape index (κ1) is 20.4. The van der Waals surface area contributed by atoms with Crippen LogP contribution in [0.4, 0.5) is 0 Å². The van der Waals surface area contributed by atoms with Crippen LogP contribution in [0.3, 0.4) is 0 Å². The molecular formula is C16H30N5O3. The van der Waals surface area contributed by atoms with E-state index in [-0.39, 0.29) is 24.5 Å². The zero-order valence-corrected chi connectivity index (χ0v) is 14.4. The summed E-state index contributed by atoms with van der Waals surface area (Å²) < 4.78 is 0. The highest BCUT2D eigenvalue weighted by Crippen LogP contribution is 2.15. The van der Waals surface area contributed by atoms with Gasteiger partial charge in [0.25, 0.3) is 0 Å². The van der Waals surface area contributed by atoms with Crippen molar-refractivity contribution in [2.45, 2.75) is 63.6 Å². The van der Waals surface area contributed by atoms with Crippen LogP contribution >= 0.6 is 0 Å². The summed E-state index contributed by atoms with van der Waals surface area (Å²) in [4.78, 5) is 25.6. The molecule has 6 N–H and O–H groups in total. The van der Waals surface area contributed by atoms with Crippen LogP contribution in [0.2, 0.25) is 0 Å². The zero-order chi connectivity index (χ0) is 17.9. The van der Waals surface area contributed by atoms with Crippen molar-refractivity contribution < 1.29 is 14.7 Å². The second kappa shape index (κ2) is 11.0. The van der Waals surface area contributed by atoms with E-state index in [0.29, 0.717) is 25.8 Å². The van der Waals surface area contributed by atoms with Crippen molar-refractivity contribution in [2.75, 3.05) is 19.6 Å². The van der Waals surface area contributed by atoms with Crippen molar-refractivity contribution in [1.29, 1.82) is 5.41 Å². The summed E-state index contributed by atoms with van der Waals surface area (Å²) in [5.41, 5.74) is 5.22. The summed E-state index contributed by atoms with van der Waals surface area (Å²) >= 11 is 0. The van der Waals surface area contributed by atoms with Crippen molar-refractivity contribution >= 4 is 18.2 Å². The third kappa shape index (κ3) is 6.84. The SMILES string of the molecule is CCCC(O)CN(C(=O)[C@@H]1CCCN1)[C@H]([C]=O)CCCNC(=N)N. The highest BCUT2D eigenvalue weighted by Gasteiger charge is 2.32. The molecule has 1 saturated heterocycles. The molecule has 0 aliphatic carbocycles. The van der Waals surface area contributed by atoms with Crippen LogP contribution in [0.15, 0.2) is 0 Å². The van der Waals surface area contributed by atoms with Gasteiger partial charge in [-0.3, -0.25) is 15.0 Å². The number of hydrogen-bond donors (Lipinski definition) is 5. The fraction of sp³-hybridized carbons (Fsp3) is 0.812. The Hall–Kier alpha value is -1.67. The average Bonchev–Trinajstić information content (AvgIpc) is 3.07. The molecule has 24 heavy (non-hydrogen) atoms. The van der Waals surface area contributed by atoms with E-state index in [1.165, 1.54) is 4.90 Å². The van der Waals surface area contributed by atoms with Gasteiger partial charge in [0.2, 0.25) is 12.2 Å². The van der Waals surface area contributed by atoms with Gasteiger partial charge in [0.15, 0.2) is 5.96 Å². The molecule has 1 radical (unpaired) electrons. The predicted octanol–water partition coefficient (Wildman–Crippen LogP) is -0.530. The first-order valence-electron chi connectivity index (χ1n) is 8.67. The Balaban J connectivity index is 2.69. The number of rotatable bonds is 11. The van der Waals surface area contributed by atoms with Crippen molar-refractivity contribution in [1.82, 2.24) is 15.5 Å². The van der Waals surface area contributed by atoms with E-state index in [4.69, 9.17) is 11.1 Å². The van der Waals surface area contributed by atoms with E-state index < -0.39 is 12.1 Å². The van der Waals surface area contributed by atoms with Gasteiger partial charge in [0, 0.05) is 13.1 Å². The van der Waals surface area contributed by atoms with Crippen LogP contribution in [0.25, 0.3) is 0 Å². The number of amides is 1. The smallest absolute Gasteiger partial charge is 0.240 e. The lowest BCUT2D eigenvalue weighted by atomic mass is 10.1. The molecule has 0 aromatic heterocycles. The van der Waals surface area contributed by atoms with E-state index in [9.17, 15) is 14.7 Å². The molecular weight excluding hydrogens is 310 g/mol. The number of aliphatic hydroxyl groups excluding tert-OH is 1. The summed E-state index contributed by atoms with van der Waals surface area (Å²) in [6.07, 6.45) is 5.36. The summed E-state index contributed by atoms with van der Waals surface area (Å²) in [5, 5.41) is 23.0. The van der Waals surface area contributed by atoms with Crippen LogP contribution in [0.5, 0.6) is 0 Å². The van der Waals surface area contributed by atoms with Crippen molar-refractivity contribution in [3.63, 3.8) is 0 Å². The summed E-state index contributed by atoms with van der Waals surface area (Å²) in [6, 6.07) is -0.981. The van der Waals surface area contributed by atoms with Crippen LogP contribution in [0.1, 0.15) is 45.4 Å². The molecule has 8 heteroatoms. The summed E-state index contributed by atoms with van der Waals surface area (Å²) in [5.74, 6) is -0.265. The lowest BCUT2D eigenvalue weighted by Gasteiger charge is -2.32. The van der Waals surface area contributed by atoms with Gasteiger partial charge in [0.1, 0.15) is 0 Å². The van der Waals surface area contributed by atoms with Crippen LogP contribution in [-0.2, 0) is 9.59 Å². The number of nitrogens with zero attached hydrogens (tertiary/aromatic N) is 1. The minimum Gasteiger partial charge on any atom is -0.391 e. The molecule has 0 aromatic carbocycles. The van der Waals surface area contributed by atoms with E-state index in [1.807, 2.05) is 13.2 Å². The Morgan fingerprint density at radius 3 is 2.83 bits per heavy atom. The zero-order valence-electron chi connectivity index (χ0n) is 14.4. The van der Waals surface area contributed by atoms with Gasteiger partial charge in [-0.15, -0.1) is 0 Å². The number of hydrogen-bond acceptors (Lipinski definition) is 5. The maximum atomic E-state index is 12.7. The van der Waals surface area contributed by atoms with Gasteiger partial charge in [-0.2, -0.15) is 0 Å². The van der Waals surface area contributed by atoms with E-state index in [1.54, 1.807) is 0 Å². The minimum absolute atomic E-state index is 0.122. The topological polar surface area (TPSA) is 132 Å². The van der Waals surface area contributed by atoms with Gasteiger partial charge < -0.3 is 26.4 Å². The van der Waals surface area contributed by atoms with E-state index >= 15 is 0 Å². The molecule has 8 nitrogen and oxygen atoms in total. The van der Waals surface area contributed by atoms with E-state index in [2.05, 4.69) is 10.6 Å². The number of nitrogens with one attached hydrogen (secondary N) is 3. The quantitative estimate of drug-likeness (QED) is 0.195. The van der Waals surface area contributed by atoms with Gasteiger partial charge in [-0.05, 0) is 38.6 Å². The van der Waals surface area contributed by atoms with Crippen LogP contribution < -0.4 is 16.4 Å². The molecule has 1 amide bonds. The lowest BCUT2D eigenvalue weighted by molar-refractivity contribution is -0.136. The van der Waals surface area contributed by atoms with Gasteiger partial charge in [0.05, 0.1) is 18.2 Å². The average molecular weight is 340 g/mol. The minimum atomic E-state index is -0.694. The molecule has 0 spiro atoms. The number of carbonyl (C=O) groups excluding carboxylic acids is 2. The molecule has 1 heterocycles. The molecule has 1 aliphatic heterocycles. The third-order valence-electron chi connectivity index (χ3n) is 4.15. The normalized spacial score (nSPS) is 19.5. The molecule has 0 bridgehead atoms. The number of guanidine groups is 1. The highest BCUT2D eigenvalue weighted by atomic mass is 16.3. The maximum absolute atomic E-state index is 12.7. The Kier molecular flexibility index (Phi) is 9.33. The monoisotopic (exact) mass is 340 g/mol. The van der Waals surface area contributed by atoms with E-state index in [0.717, 1.165) is 25.8 Å². The fourth-order valence-electron chi connectivity index (χ4n) is 2.91. The van der Waals surface area contributed by atoms with Gasteiger partial charge in [-0.1, -0.05) is 13.3 Å². The van der Waals surface area contributed by atoms with Gasteiger partial charge >= 0.3 is 0 Å². The highest BCUT2D eigenvalue weighted by molar-refractivity contribution is 5.85. The second-order valence-corrected chi connectivity index (χ2v) is 6.20. The molecule has 0 aromatic rings. The van der Waals surface area contributed by atoms with Crippen molar-refractivity contribution in [3.8, 4) is 0 Å². The Morgan fingerprint density at radius 1 is 1.54 bits per heavy atom. The van der Waals surface area contributed by atoms with Gasteiger partial charge in [-0.25, -0.2) is 0 Å². The molecule has 3 atom stereocenters. The second-order valence-electron chi connectivity index (χ2n) is 6.20. The summed E-state index contributed by atoms with van der Waals surface area (Å²) in [7, 11) is 0. The van der Waals surface area contributed by atoms with Crippen LogP contribution in [0, 0.1) is 5.41 Å². The van der Waals surface area contributed by atoms with Crippen molar-refractivity contribution in [2.24, 2.45) is 5.73 Å². The standard InChI is InChI=1S/C16H30N5O3/c1-2-5-13(23)10-21(15(24)14-7-4-8-19-14)12(11-22)6-3-9-20-16(17)18/h12-14,19,23H,2-10H2,1H3,(H4,17,18,20)/t12-,13?,14-/m0/s1. The third-order valence-corrected chi connectivity index (χ3v) is 4.15. The van der Waals surface area contributed by atoms with Crippen molar-refractivity contribution in [3.05, 3.63) is 0 Å². The fourth-order valence-corrected chi connectivity index (χ4v) is 2.91. The molecule has 0 saturated carbocycles. The number of carbonyl (C=O) groups is 1. The Labute approximate surface area is 143 Å². The predicted molar refractivity (Wildman–Crippen MR) is 92.3 cm³/mol. The first-order chi connectivity index (χ1) is 11.5. The largest absolute Gasteiger partial charge is 0.391 e. The molecule has 1 aliphatic rings. The maximum Gasteiger partial charge on any atom is 0.240 e. The molecule has 1 fully saturated rings. The van der Waals surface area contributed by atoms with Crippen LogP contribution in [-0.4, -0.2) is 66.0 Å². The lowest BCUT2D eigenvalue weighted by Crippen LogP contribution is -2.52. The molecule has 1 unspecified atom stereocenters. The number of aliphatic hydroxyl groups is 1. The molecule has 1 rings (SSSR count). The number of nitrogens with two attached hydrogens (primary N) is 1. The first-order valence-corrected chi connectivity index (χ1v) is 8.67. The summed E-state index contributed by atoms with van der Waals surface area (Å²) in [6.45, 7) is 3.35. The Bertz CT molecular complexity index is 413. The Morgan fingerprint density at radius 2 is 2.29 bits per heavy atom.